The lowest BCUT2D eigenvalue weighted by atomic mass is 10.2. The minimum atomic E-state index is -0.470. The molecular formula is C12H12ClN3O2. The van der Waals surface area contributed by atoms with E-state index in [0.717, 1.165) is 0 Å². The van der Waals surface area contributed by atoms with Crippen LogP contribution in [0.4, 0.5) is 0 Å². The molecule has 0 fully saturated rings. The fourth-order valence-electron chi connectivity index (χ4n) is 1.48. The quantitative estimate of drug-likeness (QED) is 0.799. The maximum Gasteiger partial charge on any atom is 0.341 e. The molecule has 0 atom stereocenters. The van der Waals surface area contributed by atoms with Crippen LogP contribution < -0.4 is 0 Å². The van der Waals surface area contributed by atoms with Crippen LogP contribution in [0.15, 0.2) is 24.5 Å². The first-order valence-corrected chi connectivity index (χ1v) is 5.82. The second kappa shape index (κ2) is 5.18. The van der Waals surface area contributed by atoms with E-state index in [0.29, 0.717) is 23.0 Å². The Morgan fingerprint density at radius 3 is 2.83 bits per heavy atom. The number of nitrogens with zero attached hydrogens (tertiary/aromatic N) is 3. The molecule has 2 rings (SSSR count). The summed E-state index contributed by atoms with van der Waals surface area (Å²) < 4.78 is 6.55. The van der Waals surface area contributed by atoms with Gasteiger partial charge in [-0.3, -0.25) is 9.67 Å². The SMILES string of the molecule is CCOC(=O)c1cnc(-c2ccn(C)n2)cc1Cl. The summed E-state index contributed by atoms with van der Waals surface area (Å²) in [4.78, 5) is 15.7. The van der Waals surface area contributed by atoms with Crippen molar-refractivity contribution in [1.82, 2.24) is 14.8 Å². The molecule has 0 aromatic carbocycles. The van der Waals surface area contributed by atoms with E-state index in [-0.39, 0.29) is 5.56 Å². The molecule has 0 aliphatic carbocycles. The van der Waals surface area contributed by atoms with E-state index in [9.17, 15) is 4.79 Å². The fourth-order valence-corrected chi connectivity index (χ4v) is 1.71. The maximum atomic E-state index is 11.6. The number of rotatable bonds is 3. The highest BCUT2D eigenvalue weighted by Gasteiger charge is 2.14. The molecule has 0 aliphatic rings. The number of carbonyl (C=O) groups is 1. The Kier molecular flexibility index (Phi) is 3.62. The van der Waals surface area contributed by atoms with Crippen LogP contribution in [-0.4, -0.2) is 27.3 Å². The smallest absolute Gasteiger partial charge is 0.341 e. The molecule has 0 saturated carbocycles. The third kappa shape index (κ3) is 2.51. The Hall–Kier alpha value is -1.88. The molecule has 0 N–H and O–H groups in total. The van der Waals surface area contributed by atoms with Gasteiger partial charge in [-0.25, -0.2) is 4.79 Å². The summed E-state index contributed by atoms with van der Waals surface area (Å²) in [6, 6.07) is 3.43. The Bertz CT molecular complexity index is 580. The number of aromatic nitrogens is 3. The number of pyridine rings is 1. The Labute approximate surface area is 109 Å². The zero-order valence-corrected chi connectivity index (χ0v) is 10.8. The van der Waals surface area contributed by atoms with E-state index in [1.54, 1.807) is 17.7 Å². The van der Waals surface area contributed by atoms with Gasteiger partial charge >= 0.3 is 5.97 Å². The molecule has 2 heterocycles. The van der Waals surface area contributed by atoms with E-state index in [1.807, 2.05) is 19.3 Å². The van der Waals surface area contributed by atoms with E-state index in [4.69, 9.17) is 16.3 Å². The van der Waals surface area contributed by atoms with E-state index < -0.39 is 5.97 Å². The van der Waals surface area contributed by atoms with Crippen LogP contribution in [-0.2, 0) is 11.8 Å². The van der Waals surface area contributed by atoms with Gasteiger partial charge in [-0.2, -0.15) is 5.10 Å². The van der Waals surface area contributed by atoms with Crippen molar-refractivity contribution in [1.29, 1.82) is 0 Å². The van der Waals surface area contributed by atoms with Crippen molar-refractivity contribution < 1.29 is 9.53 Å². The summed E-state index contributed by atoms with van der Waals surface area (Å²) >= 11 is 6.04. The highest BCUT2D eigenvalue weighted by molar-refractivity contribution is 6.33. The first-order valence-electron chi connectivity index (χ1n) is 5.44. The third-order valence-corrected chi connectivity index (χ3v) is 2.64. The largest absolute Gasteiger partial charge is 0.462 e. The summed E-state index contributed by atoms with van der Waals surface area (Å²) in [6.07, 6.45) is 3.22. The molecule has 2 aromatic heterocycles. The number of carbonyl (C=O) groups excluding carboxylic acids is 1. The monoisotopic (exact) mass is 265 g/mol. The number of ether oxygens (including phenoxy) is 1. The predicted molar refractivity (Wildman–Crippen MR) is 67.4 cm³/mol. The lowest BCUT2D eigenvalue weighted by molar-refractivity contribution is 0.0526. The van der Waals surface area contributed by atoms with Crippen molar-refractivity contribution in [2.24, 2.45) is 7.05 Å². The first kappa shape index (κ1) is 12.6. The number of hydrogen-bond donors (Lipinski definition) is 0. The summed E-state index contributed by atoms with van der Waals surface area (Å²) in [6.45, 7) is 2.04. The normalized spacial score (nSPS) is 10.4. The first-order chi connectivity index (χ1) is 8.61. The lowest BCUT2D eigenvalue weighted by Gasteiger charge is -2.04. The second-order valence-corrected chi connectivity index (χ2v) is 4.05. The van der Waals surface area contributed by atoms with Crippen molar-refractivity contribution >= 4 is 17.6 Å². The van der Waals surface area contributed by atoms with Gasteiger partial charge < -0.3 is 4.74 Å². The molecule has 0 spiro atoms. The lowest BCUT2D eigenvalue weighted by Crippen LogP contribution is -2.06. The highest BCUT2D eigenvalue weighted by Crippen LogP contribution is 2.22. The van der Waals surface area contributed by atoms with Gasteiger partial charge in [0.05, 0.1) is 22.9 Å². The molecule has 0 bridgehead atoms. The summed E-state index contributed by atoms with van der Waals surface area (Å²) in [5, 5.41) is 4.52. The van der Waals surface area contributed by atoms with Crippen LogP contribution in [0.5, 0.6) is 0 Å². The Balaban J connectivity index is 2.33. The molecule has 5 nitrogen and oxygen atoms in total. The average molecular weight is 266 g/mol. The van der Waals surface area contributed by atoms with Crippen LogP contribution in [0, 0.1) is 0 Å². The highest BCUT2D eigenvalue weighted by atomic mass is 35.5. The van der Waals surface area contributed by atoms with Crippen LogP contribution in [0.25, 0.3) is 11.4 Å². The minimum Gasteiger partial charge on any atom is -0.462 e. The Morgan fingerprint density at radius 2 is 2.28 bits per heavy atom. The molecule has 0 amide bonds. The average Bonchev–Trinajstić information content (AvgIpc) is 2.76. The van der Waals surface area contributed by atoms with E-state index >= 15 is 0 Å². The van der Waals surface area contributed by atoms with Gasteiger partial charge in [-0.1, -0.05) is 11.6 Å². The zero-order valence-electron chi connectivity index (χ0n) is 10.1. The topological polar surface area (TPSA) is 57.0 Å². The molecule has 6 heteroatoms. The molecule has 2 aromatic rings. The minimum absolute atomic E-state index is 0.262. The zero-order chi connectivity index (χ0) is 13.1. The standard InChI is InChI=1S/C12H12ClN3O2/c1-3-18-12(17)8-7-14-11(6-9(8)13)10-4-5-16(2)15-10/h4-7H,3H2,1-2H3. The molecule has 0 unspecified atom stereocenters. The number of aryl methyl sites for hydroxylation is 1. The number of halogens is 1. The van der Waals surface area contributed by atoms with Crippen molar-refractivity contribution in [3.8, 4) is 11.4 Å². The van der Waals surface area contributed by atoms with Gasteiger partial charge in [0.15, 0.2) is 0 Å². The molecule has 0 radical (unpaired) electrons. The number of hydrogen-bond acceptors (Lipinski definition) is 4. The fraction of sp³-hybridized carbons (Fsp3) is 0.250. The maximum absolute atomic E-state index is 11.6. The van der Waals surface area contributed by atoms with Crippen LogP contribution in [0.2, 0.25) is 5.02 Å². The predicted octanol–water partition coefficient (Wildman–Crippen LogP) is 2.31. The molecule has 0 saturated heterocycles. The Morgan fingerprint density at radius 1 is 1.50 bits per heavy atom. The van der Waals surface area contributed by atoms with Crippen molar-refractivity contribution in [2.45, 2.75) is 6.92 Å². The van der Waals surface area contributed by atoms with Gasteiger partial charge in [0.2, 0.25) is 0 Å². The van der Waals surface area contributed by atoms with Crippen LogP contribution >= 0.6 is 11.6 Å². The molecular weight excluding hydrogens is 254 g/mol. The summed E-state index contributed by atoms with van der Waals surface area (Å²) in [5.74, 6) is -0.470. The molecule has 0 aliphatic heterocycles. The van der Waals surface area contributed by atoms with Crippen LogP contribution in [0.1, 0.15) is 17.3 Å². The van der Waals surface area contributed by atoms with Crippen molar-refractivity contribution in [3.63, 3.8) is 0 Å². The molecule has 94 valence electrons. The summed E-state index contributed by atoms with van der Waals surface area (Å²) in [5.41, 5.74) is 1.58. The van der Waals surface area contributed by atoms with E-state index in [1.165, 1.54) is 6.20 Å². The van der Waals surface area contributed by atoms with Crippen LogP contribution in [0.3, 0.4) is 0 Å². The van der Waals surface area contributed by atoms with Gasteiger partial charge in [-0.15, -0.1) is 0 Å². The summed E-state index contributed by atoms with van der Waals surface area (Å²) in [7, 11) is 1.82. The number of esters is 1. The third-order valence-electron chi connectivity index (χ3n) is 2.32. The van der Waals surface area contributed by atoms with Gasteiger partial charge in [0, 0.05) is 19.4 Å². The molecule has 18 heavy (non-hydrogen) atoms. The van der Waals surface area contributed by atoms with Gasteiger partial charge in [0.25, 0.3) is 0 Å². The second-order valence-electron chi connectivity index (χ2n) is 3.64. The van der Waals surface area contributed by atoms with Crippen molar-refractivity contribution in [2.75, 3.05) is 6.61 Å². The van der Waals surface area contributed by atoms with E-state index in [2.05, 4.69) is 10.1 Å². The van der Waals surface area contributed by atoms with Gasteiger partial charge in [-0.05, 0) is 19.1 Å². The van der Waals surface area contributed by atoms with Crippen molar-refractivity contribution in [3.05, 3.63) is 35.1 Å². The van der Waals surface area contributed by atoms with Gasteiger partial charge in [0.1, 0.15) is 5.69 Å².